The molecule has 1 aromatic rings. The van der Waals surface area contributed by atoms with Crippen LogP contribution in [0.4, 0.5) is 5.69 Å². The maximum atomic E-state index is 12.0. The van der Waals surface area contributed by atoms with Gasteiger partial charge in [-0.15, -0.1) is 0 Å². The van der Waals surface area contributed by atoms with Gasteiger partial charge in [-0.25, -0.2) is 0 Å². The van der Waals surface area contributed by atoms with E-state index in [-0.39, 0.29) is 12.0 Å². The molecule has 3 N–H and O–H groups in total. The molecule has 0 saturated carbocycles. The zero-order valence-corrected chi connectivity index (χ0v) is 10.4. The fourth-order valence-corrected chi connectivity index (χ4v) is 2.00. The Labute approximate surface area is 106 Å². The summed E-state index contributed by atoms with van der Waals surface area (Å²) in [7, 11) is 1.52. The number of methoxy groups -OCH3 is 1. The lowest BCUT2D eigenvalue weighted by Crippen LogP contribution is -2.32. The third kappa shape index (κ3) is 2.92. The van der Waals surface area contributed by atoms with Crippen molar-refractivity contribution < 1.29 is 14.3 Å². The average Bonchev–Trinajstić information content (AvgIpc) is 2.88. The summed E-state index contributed by atoms with van der Waals surface area (Å²) in [6, 6.07) is 4.99. The van der Waals surface area contributed by atoms with E-state index in [4.69, 9.17) is 15.2 Å². The number of rotatable bonds is 4. The largest absolute Gasteiger partial charge is 0.496 e. The summed E-state index contributed by atoms with van der Waals surface area (Å²) in [6.07, 6.45) is 2.19. The first-order chi connectivity index (χ1) is 8.70. The Bertz CT molecular complexity index is 428. The number of amides is 1. The van der Waals surface area contributed by atoms with Crippen LogP contribution in [0.25, 0.3) is 0 Å². The molecule has 5 nitrogen and oxygen atoms in total. The molecular formula is C13H18N2O3. The van der Waals surface area contributed by atoms with E-state index in [1.165, 1.54) is 7.11 Å². The molecule has 0 bridgehead atoms. The van der Waals surface area contributed by atoms with Crippen LogP contribution >= 0.6 is 0 Å². The highest BCUT2D eigenvalue weighted by molar-refractivity contribution is 5.97. The fourth-order valence-electron chi connectivity index (χ4n) is 2.00. The van der Waals surface area contributed by atoms with Crippen LogP contribution in [0.15, 0.2) is 18.2 Å². The first kappa shape index (κ1) is 12.7. The van der Waals surface area contributed by atoms with Gasteiger partial charge in [-0.3, -0.25) is 4.79 Å². The van der Waals surface area contributed by atoms with Gasteiger partial charge in [0.15, 0.2) is 0 Å². The Balaban J connectivity index is 1.99. The van der Waals surface area contributed by atoms with Crippen LogP contribution in [0.5, 0.6) is 5.75 Å². The number of carbonyl (C=O) groups excluding carboxylic acids is 1. The van der Waals surface area contributed by atoms with Gasteiger partial charge in [0.25, 0.3) is 5.91 Å². The molecular weight excluding hydrogens is 232 g/mol. The van der Waals surface area contributed by atoms with E-state index in [0.717, 1.165) is 19.4 Å². The summed E-state index contributed by atoms with van der Waals surface area (Å²) in [6.45, 7) is 1.32. The molecule has 1 saturated heterocycles. The van der Waals surface area contributed by atoms with Crippen molar-refractivity contribution in [1.29, 1.82) is 0 Å². The molecule has 1 atom stereocenters. The standard InChI is InChI=1S/C13H18N2O3/c1-17-12-7-9(14)4-5-11(12)13(16)15-8-10-3-2-6-18-10/h4-5,7,10H,2-3,6,8,14H2,1H3,(H,15,16). The SMILES string of the molecule is COc1cc(N)ccc1C(=O)NCC1CCCO1. The smallest absolute Gasteiger partial charge is 0.255 e. The van der Waals surface area contributed by atoms with Crippen molar-refractivity contribution in [2.45, 2.75) is 18.9 Å². The molecule has 1 amide bonds. The predicted molar refractivity (Wildman–Crippen MR) is 68.7 cm³/mol. The van der Waals surface area contributed by atoms with E-state index in [1.807, 2.05) is 0 Å². The van der Waals surface area contributed by atoms with Crippen LogP contribution in [0, 0.1) is 0 Å². The summed E-state index contributed by atoms with van der Waals surface area (Å²) in [5.74, 6) is 0.321. The number of anilines is 1. The first-order valence-electron chi connectivity index (χ1n) is 6.04. The molecule has 1 aliphatic rings. The second-order valence-corrected chi connectivity index (χ2v) is 4.30. The lowest BCUT2D eigenvalue weighted by Gasteiger charge is -2.12. The minimum absolute atomic E-state index is 0.133. The van der Waals surface area contributed by atoms with Crippen molar-refractivity contribution in [3.05, 3.63) is 23.8 Å². The number of benzene rings is 1. The minimum atomic E-state index is -0.164. The molecule has 2 rings (SSSR count). The summed E-state index contributed by atoms with van der Waals surface area (Å²) in [4.78, 5) is 12.0. The van der Waals surface area contributed by atoms with Gasteiger partial charge in [0.1, 0.15) is 5.75 Å². The summed E-state index contributed by atoms with van der Waals surface area (Å²) < 4.78 is 10.6. The van der Waals surface area contributed by atoms with E-state index >= 15 is 0 Å². The average molecular weight is 250 g/mol. The Morgan fingerprint density at radius 2 is 2.44 bits per heavy atom. The van der Waals surface area contributed by atoms with E-state index < -0.39 is 0 Å². The normalized spacial score (nSPS) is 18.6. The van der Waals surface area contributed by atoms with Crippen LogP contribution in [0.1, 0.15) is 23.2 Å². The second-order valence-electron chi connectivity index (χ2n) is 4.30. The van der Waals surface area contributed by atoms with Gasteiger partial charge in [0.2, 0.25) is 0 Å². The van der Waals surface area contributed by atoms with Crippen LogP contribution in [-0.4, -0.2) is 32.3 Å². The highest BCUT2D eigenvalue weighted by Gasteiger charge is 2.18. The molecule has 0 radical (unpaired) electrons. The number of carbonyl (C=O) groups is 1. The van der Waals surface area contributed by atoms with Crippen LogP contribution < -0.4 is 15.8 Å². The molecule has 1 unspecified atom stereocenters. The molecule has 1 heterocycles. The Morgan fingerprint density at radius 3 is 3.11 bits per heavy atom. The molecule has 5 heteroatoms. The highest BCUT2D eigenvalue weighted by atomic mass is 16.5. The van der Waals surface area contributed by atoms with Crippen molar-refractivity contribution in [1.82, 2.24) is 5.32 Å². The lowest BCUT2D eigenvalue weighted by atomic mass is 10.1. The summed E-state index contributed by atoms with van der Waals surface area (Å²) in [5.41, 5.74) is 6.71. The Kier molecular flexibility index (Phi) is 4.04. The number of ether oxygens (including phenoxy) is 2. The molecule has 1 aliphatic heterocycles. The van der Waals surface area contributed by atoms with Crippen LogP contribution in [0.2, 0.25) is 0 Å². The number of nitrogens with one attached hydrogen (secondary N) is 1. The van der Waals surface area contributed by atoms with Crippen LogP contribution in [-0.2, 0) is 4.74 Å². The minimum Gasteiger partial charge on any atom is -0.496 e. The first-order valence-corrected chi connectivity index (χ1v) is 6.04. The topological polar surface area (TPSA) is 73.6 Å². The highest BCUT2D eigenvalue weighted by Crippen LogP contribution is 2.21. The second kappa shape index (κ2) is 5.73. The number of hydrogen-bond acceptors (Lipinski definition) is 4. The van der Waals surface area contributed by atoms with Gasteiger partial charge >= 0.3 is 0 Å². The van der Waals surface area contributed by atoms with Crippen molar-refractivity contribution in [3.63, 3.8) is 0 Å². The third-order valence-electron chi connectivity index (χ3n) is 2.98. The van der Waals surface area contributed by atoms with Gasteiger partial charge in [0, 0.05) is 24.9 Å². The zero-order valence-electron chi connectivity index (χ0n) is 10.4. The molecule has 0 spiro atoms. The molecule has 18 heavy (non-hydrogen) atoms. The van der Waals surface area contributed by atoms with Gasteiger partial charge in [-0.2, -0.15) is 0 Å². The Hall–Kier alpha value is -1.75. The lowest BCUT2D eigenvalue weighted by molar-refractivity contribution is 0.0855. The van der Waals surface area contributed by atoms with Crippen LogP contribution in [0.3, 0.4) is 0 Å². The Morgan fingerprint density at radius 1 is 1.61 bits per heavy atom. The van der Waals surface area contributed by atoms with E-state index in [0.29, 0.717) is 23.5 Å². The van der Waals surface area contributed by atoms with E-state index in [1.54, 1.807) is 18.2 Å². The fraction of sp³-hybridized carbons (Fsp3) is 0.462. The summed E-state index contributed by atoms with van der Waals surface area (Å²) >= 11 is 0. The molecule has 0 aliphatic carbocycles. The molecule has 0 aromatic heterocycles. The van der Waals surface area contributed by atoms with Gasteiger partial charge in [-0.1, -0.05) is 0 Å². The van der Waals surface area contributed by atoms with Crippen molar-refractivity contribution in [2.75, 3.05) is 26.0 Å². The number of nitrogens with two attached hydrogens (primary N) is 1. The monoisotopic (exact) mass is 250 g/mol. The van der Waals surface area contributed by atoms with Crippen molar-refractivity contribution in [2.24, 2.45) is 0 Å². The van der Waals surface area contributed by atoms with Crippen molar-refractivity contribution in [3.8, 4) is 5.75 Å². The van der Waals surface area contributed by atoms with Gasteiger partial charge < -0.3 is 20.5 Å². The molecule has 98 valence electrons. The molecule has 1 fully saturated rings. The maximum Gasteiger partial charge on any atom is 0.255 e. The van der Waals surface area contributed by atoms with E-state index in [9.17, 15) is 4.79 Å². The predicted octanol–water partition coefficient (Wildman–Crippen LogP) is 1.19. The third-order valence-corrected chi connectivity index (χ3v) is 2.98. The number of hydrogen-bond donors (Lipinski definition) is 2. The maximum absolute atomic E-state index is 12.0. The summed E-state index contributed by atoms with van der Waals surface area (Å²) in [5, 5.41) is 2.85. The van der Waals surface area contributed by atoms with Gasteiger partial charge in [0.05, 0.1) is 18.8 Å². The quantitative estimate of drug-likeness (QED) is 0.787. The number of nitrogen functional groups attached to an aromatic ring is 1. The van der Waals surface area contributed by atoms with E-state index in [2.05, 4.69) is 5.32 Å². The molecule has 1 aromatic carbocycles. The van der Waals surface area contributed by atoms with Crippen molar-refractivity contribution >= 4 is 11.6 Å². The zero-order chi connectivity index (χ0) is 13.0. The van der Waals surface area contributed by atoms with Gasteiger partial charge in [-0.05, 0) is 25.0 Å².